The van der Waals surface area contributed by atoms with Gasteiger partial charge in [-0.15, -0.1) is 0 Å². The average Bonchev–Trinajstić information content (AvgIpc) is 2.46. The minimum absolute atomic E-state index is 0.781. The maximum Gasteiger partial charge on any atom is -0.00183 e. The standard InChI is InChI=1S/C10H14/c1-3-10-7(2)8-4-5-9(10)6-8/h3-4,7,9H,5-6H2,1-2H3/b10-3-. The van der Waals surface area contributed by atoms with Gasteiger partial charge in [0.15, 0.2) is 0 Å². The molecule has 0 N–H and O–H groups in total. The van der Waals surface area contributed by atoms with Crippen LogP contribution in [0.5, 0.6) is 0 Å². The van der Waals surface area contributed by atoms with Gasteiger partial charge in [-0.05, 0) is 31.6 Å². The van der Waals surface area contributed by atoms with Crippen LogP contribution in [-0.2, 0) is 0 Å². The first-order chi connectivity index (χ1) is 4.83. The van der Waals surface area contributed by atoms with Crippen molar-refractivity contribution >= 4 is 0 Å². The maximum atomic E-state index is 2.43. The molecule has 2 atom stereocenters. The minimum Gasteiger partial charge on any atom is -0.0876 e. The fraction of sp³-hybridized carbons (Fsp3) is 0.600. The van der Waals surface area contributed by atoms with Crippen molar-refractivity contribution in [2.45, 2.75) is 26.7 Å². The van der Waals surface area contributed by atoms with E-state index in [0.29, 0.717) is 0 Å². The molecule has 10 heavy (non-hydrogen) atoms. The lowest BCUT2D eigenvalue weighted by Gasteiger charge is -2.14. The van der Waals surface area contributed by atoms with Crippen LogP contribution < -0.4 is 0 Å². The quantitative estimate of drug-likeness (QED) is 0.447. The Labute approximate surface area is 62.6 Å². The Bertz CT molecular complexity index is 208. The van der Waals surface area contributed by atoms with Gasteiger partial charge >= 0.3 is 0 Å². The molecule has 0 saturated heterocycles. The Morgan fingerprint density at radius 3 is 2.80 bits per heavy atom. The number of hydrogen-bond acceptors (Lipinski definition) is 0. The van der Waals surface area contributed by atoms with E-state index < -0.39 is 0 Å². The number of rotatable bonds is 0. The first-order valence-electron chi connectivity index (χ1n) is 4.18. The fourth-order valence-corrected chi connectivity index (χ4v) is 2.41. The van der Waals surface area contributed by atoms with Crippen LogP contribution in [0.1, 0.15) is 26.7 Å². The molecule has 0 aromatic carbocycles. The summed E-state index contributed by atoms with van der Waals surface area (Å²) in [6.07, 6.45) is 7.43. The highest BCUT2D eigenvalue weighted by Gasteiger charge is 2.33. The lowest BCUT2D eigenvalue weighted by molar-refractivity contribution is 0.664. The molecule has 0 nitrogen and oxygen atoms in total. The van der Waals surface area contributed by atoms with E-state index in [1.807, 2.05) is 0 Å². The lowest BCUT2D eigenvalue weighted by atomic mass is 9.91. The molecule has 54 valence electrons. The molecule has 0 aromatic heterocycles. The zero-order valence-electron chi connectivity index (χ0n) is 6.72. The molecule has 0 amide bonds. The summed E-state index contributed by atoms with van der Waals surface area (Å²) in [5.41, 5.74) is 3.38. The van der Waals surface area contributed by atoms with E-state index in [0.717, 1.165) is 11.8 Å². The van der Waals surface area contributed by atoms with Gasteiger partial charge in [-0.25, -0.2) is 0 Å². The van der Waals surface area contributed by atoms with Crippen LogP contribution in [0.3, 0.4) is 0 Å². The molecule has 0 heterocycles. The molecule has 2 aliphatic carbocycles. The Morgan fingerprint density at radius 2 is 2.40 bits per heavy atom. The normalized spacial score (nSPS) is 41.0. The number of fused-ring (bicyclic) bond motifs is 2. The molecule has 0 heteroatoms. The van der Waals surface area contributed by atoms with Crippen molar-refractivity contribution in [3.8, 4) is 0 Å². The third-order valence-electron chi connectivity index (χ3n) is 3.01. The summed E-state index contributed by atoms with van der Waals surface area (Å²) in [5.74, 6) is 1.68. The van der Waals surface area contributed by atoms with E-state index >= 15 is 0 Å². The van der Waals surface area contributed by atoms with Gasteiger partial charge in [-0.1, -0.05) is 30.2 Å². The Hall–Kier alpha value is -0.520. The number of allylic oxidation sites excluding steroid dienone is 4. The predicted molar refractivity (Wildman–Crippen MR) is 43.7 cm³/mol. The van der Waals surface area contributed by atoms with Crippen molar-refractivity contribution in [3.05, 3.63) is 23.3 Å². The monoisotopic (exact) mass is 134 g/mol. The van der Waals surface area contributed by atoms with Crippen molar-refractivity contribution < 1.29 is 0 Å². The summed E-state index contributed by atoms with van der Waals surface area (Å²) in [6, 6.07) is 0. The SMILES string of the molecule is C/C=C1\C2CC=C(C2)C1C. The van der Waals surface area contributed by atoms with Crippen LogP contribution >= 0.6 is 0 Å². The highest BCUT2D eigenvalue weighted by molar-refractivity contribution is 5.35. The highest BCUT2D eigenvalue weighted by Crippen LogP contribution is 2.47. The van der Waals surface area contributed by atoms with Crippen LogP contribution in [-0.4, -0.2) is 0 Å². The largest absolute Gasteiger partial charge is 0.0876 e. The maximum absolute atomic E-state index is 2.43. The Balaban J connectivity index is 2.37. The van der Waals surface area contributed by atoms with E-state index in [-0.39, 0.29) is 0 Å². The molecule has 0 spiro atoms. The van der Waals surface area contributed by atoms with Crippen molar-refractivity contribution in [3.63, 3.8) is 0 Å². The predicted octanol–water partition coefficient (Wildman–Crippen LogP) is 2.92. The van der Waals surface area contributed by atoms with Crippen molar-refractivity contribution in [2.24, 2.45) is 11.8 Å². The van der Waals surface area contributed by atoms with E-state index in [4.69, 9.17) is 0 Å². The van der Waals surface area contributed by atoms with Crippen LogP contribution in [0.25, 0.3) is 0 Å². The summed E-state index contributed by atoms with van der Waals surface area (Å²) in [5, 5.41) is 0. The molecule has 1 fully saturated rings. The summed E-state index contributed by atoms with van der Waals surface area (Å²) in [6.45, 7) is 4.51. The van der Waals surface area contributed by atoms with Gasteiger partial charge in [0.05, 0.1) is 0 Å². The van der Waals surface area contributed by atoms with Gasteiger partial charge in [-0.3, -0.25) is 0 Å². The third-order valence-corrected chi connectivity index (χ3v) is 3.01. The third kappa shape index (κ3) is 0.622. The molecule has 0 aromatic rings. The van der Waals surface area contributed by atoms with Crippen LogP contribution in [0.4, 0.5) is 0 Å². The second-order valence-electron chi connectivity index (χ2n) is 3.43. The van der Waals surface area contributed by atoms with Gasteiger partial charge in [0, 0.05) is 0 Å². The molecular weight excluding hydrogens is 120 g/mol. The van der Waals surface area contributed by atoms with Gasteiger partial charge in [-0.2, -0.15) is 0 Å². The van der Waals surface area contributed by atoms with Crippen LogP contribution in [0.15, 0.2) is 23.3 Å². The highest BCUT2D eigenvalue weighted by atomic mass is 14.4. The van der Waals surface area contributed by atoms with Crippen molar-refractivity contribution in [1.82, 2.24) is 0 Å². The number of hydrogen-bond donors (Lipinski definition) is 0. The Morgan fingerprint density at radius 1 is 1.60 bits per heavy atom. The molecule has 2 bridgehead atoms. The molecule has 1 saturated carbocycles. The smallest absolute Gasteiger partial charge is 0.00183 e. The summed E-state index contributed by atoms with van der Waals surface area (Å²) in [7, 11) is 0. The minimum atomic E-state index is 0.781. The van der Waals surface area contributed by atoms with E-state index in [2.05, 4.69) is 26.0 Å². The molecule has 0 radical (unpaired) electrons. The lowest BCUT2D eigenvalue weighted by Crippen LogP contribution is -2.01. The van der Waals surface area contributed by atoms with Crippen molar-refractivity contribution in [1.29, 1.82) is 0 Å². The molecule has 2 rings (SSSR count). The molecular formula is C10H14. The van der Waals surface area contributed by atoms with E-state index in [1.165, 1.54) is 12.8 Å². The van der Waals surface area contributed by atoms with Gasteiger partial charge in [0.2, 0.25) is 0 Å². The fourth-order valence-electron chi connectivity index (χ4n) is 2.41. The summed E-state index contributed by atoms with van der Waals surface area (Å²) < 4.78 is 0. The molecule has 0 aliphatic heterocycles. The average molecular weight is 134 g/mol. The van der Waals surface area contributed by atoms with Crippen LogP contribution in [0.2, 0.25) is 0 Å². The second kappa shape index (κ2) is 1.98. The van der Waals surface area contributed by atoms with Gasteiger partial charge < -0.3 is 0 Å². The first kappa shape index (κ1) is 6.21. The Kier molecular flexibility index (Phi) is 1.23. The topological polar surface area (TPSA) is 0 Å². The zero-order chi connectivity index (χ0) is 7.14. The van der Waals surface area contributed by atoms with Crippen LogP contribution in [0, 0.1) is 11.8 Å². The first-order valence-corrected chi connectivity index (χ1v) is 4.18. The van der Waals surface area contributed by atoms with E-state index in [9.17, 15) is 0 Å². The van der Waals surface area contributed by atoms with Gasteiger partial charge in [0.25, 0.3) is 0 Å². The summed E-state index contributed by atoms with van der Waals surface area (Å²) >= 11 is 0. The molecule has 2 aliphatic rings. The zero-order valence-corrected chi connectivity index (χ0v) is 6.72. The summed E-state index contributed by atoms with van der Waals surface area (Å²) in [4.78, 5) is 0. The van der Waals surface area contributed by atoms with Crippen molar-refractivity contribution in [2.75, 3.05) is 0 Å². The van der Waals surface area contributed by atoms with E-state index in [1.54, 1.807) is 11.1 Å². The van der Waals surface area contributed by atoms with Gasteiger partial charge in [0.1, 0.15) is 0 Å². The molecule has 2 unspecified atom stereocenters. The second-order valence-corrected chi connectivity index (χ2v) is 3.43.